The predicted molar refractivity (Wildman–Crippen MR) is 69.7 cm³/mol. The molecule has 0 bridgehead atoms. The molecular weight excluding hydrogens is 250 g/mol. The molecule has 0 heterocycles. The van der Waals surface area contributed by atoms with Gasteiger partial charge in [-0.2, -0.15) is 5.26 Å². The average molecular weight is 266 g/mol. The lowest BCUT2D eigenvalue weighted by molar-refractivity contribution is 0.0318. The van der Waals surface area contributed by atoms with Crippen molar-refractivity contribution in [3.8, 4) is 11.8 Å². The maximum atomic E-state index is 10.0. The minimum atomic E-state index is -0.460. The number of benzene rings is 1. The van der Waals surface area contributed by atoms with Crippen molar-refractivity contribution in [3.63, 3.8) is 0 Å². The van der Waals surface area contributed by atoms with E-state index in [1.54, 1.807) is 18.2 Å². The molecule has 4 heteroatoms. The highest BCUT2D eigenvalue weighted by atomic mass is 35.5. The third-order valence-electron chi connectivity index (χ3n) is 3.28. The Kier molecular flexibility index (Phi) is 4.46. The van der Waals surface area contributed by atoms with Gasteiger partial charge in [0.15, 0.2) is 0 Å². The molecule has 1 aliphatic carbocycles. The van der Waals surface area contributed by atoms with Gasteiger partial charge < -0.3 is 9.84 Å². The van der Waals surface area contributed by atoms with Gasteiger partial charge in [-0.25, -0.2) is 0 Å². The Morgan fingerprint density at radius 3 is 2.83 bits per heavy atom. The maximum absolute atomic E-state index is 10.0. The molecule has 0 amide bonds. The molecule has 0 spiro atoms. The van der Waals surface area contributed by atoms with E-state index in [4.69, 9.17) is 21.6 Å². The number of nitriles is 1. The first-order chi connectivity index (χ1) is 8.72. The second kappa shape index (κ2) is 6.08. The van der Waals surface area contributed by atoms with Crippen LogP contribution < -0.4 is 4.74 Å². The molecule has 2 unspecified atom stereocenters. The number of halogens is 1. The Bertz CT molecular complexity index is 456. The van der Waals surface area contributed by atoms with Crippen LogP contribution in [0.15, 0.2) is 18.2 Å². The molecule has 0 aliphatic heterocycles. The van der Waals surface area contributed by atoms with Crippen LogP contribution in [0, 0.1) is 11.3 Å². The summed E-state index contributed by atoms with van der Waals surface area (Å²) in [5.74, 6) is 0.468. The molecule has 1 N–H and O–H groups in total. The number of hydrogen-bond acceptors (Lipinski definition) is 3. The van der Waals surface area contributed by atoms with Gasteiger partial charge >= 0.3 is 0 Å². The van der Waals surface area contributed by atoms with Crippen LogP contribution in [0.1, 0.15) is 37.7 Å². The molecule has 96 valence electrons. The molecule has 1 aromatic carbocycles. The first-order valence-corrected chi connectivity index (χ1v) is 6.63. The minimum absolute atomic E-state index is 0.238. The molecule has 2 atom stereocenters. The van der Waals surface area contributed by atoms with Crippen molar-refractivity contribution in [2.45, 2.75) is 44.3 Å². The van der Waals surface area contributed by atoms with Gasteiger partial charge in [-0.3, -0.25) is 0 Å². The quantitative estimate of drug-likeness (QED) is 0.835. The third-order valence-corrected chi connectivity index (χ3v) is 3.60. The Hall–Kier alpha value is -1.24. The topological polar surface area (TPSA) is 53.2 Å². The number of aliphatic hydroxyl groups is 1. The van der Waals surface area contributed by atoms with E-state index in [9.17, 15) is 5.11 Å². The number of aliphatic hydroxyl groups excluding tert-OH is 1. The lowest BCUT2D eigenvalue weighted by atomic mass is 10.1. The van der Waals surface area contributed by atoms with Gasteiger partial charge in [0.05, 0.1) is 11.1 Å². The van der Waals surface area contributed by atoms with E-state index < -0.39 is 6.10 Å². The van der Waals surface area contributed by atoms with Crippen molar-refractivity contribution in [1.29, 1.82) is 5.26 Å². The van der Waals surface area contributed by atoms with Gasteiger partial charge in [0, 0.05) is 0 Å². The largest absolute Gasteiger partial charge is 0.486 e. The van der Waals surface area contributed by atoms with E-state index in [1.807, 2.05) is 6.07 Å². The van der Waals surface area contributed by atoms with Crippen molar-refractivity contribution in [2.24, 2.45) is 0 Å². The molecule has 1 aromatic rings. The fourth-order valence-electron chi connectivity index (χ4n) is 2.27. The molecular formula is C14H16ClNO2. The average Bonchev–Trinajstić information content (AvgIpc) is 2.55. The summed E-state index contributed by atoms with van der Waals surface area (Å²) in [5, 5.41) is 19.5. The Morgan fingerprint density at radius 1 is 1.28 bits per heavy atom. The van der Waals surface area contributed by atoms with Gasteiger partial charge in [0.2, 0.25) is 0 Å². The van der Waals surface area contributed by atoms with Crippen LogP contribution in [0.3, 0.4) is 0 Å². The second-order valence-electron chi connectivity index (χ2n) is 4.59. The molecule has 0 radical (unpaired) electrons. The minimum Gasteiger partial charge on any atom is -0.486 e. The molecule has 0 aromatic heterocycles. The molecule has 1 fully saturated rings. The SMILES string of the molecule is N#Cc1c(Cl)cccc1OC1CCCCCC1O. The highest BCUT2D eigenvalue weighted by Crippen LogP contribution is 2.29. The fourth-order valence-corrected chi connectivity index (χ4v) is 2.47. The highest BCUT2D eigenvalue weighted by Gasteiger charge is 2.24. The van der Waals surface area contributed by atoms with Crippen molar-refractivity contribution in [2.75, 3.05) is 0 Å². The Balaban J connectivity index is 2.18. The van der Waals surface area contributed by atoms with Crippen LogP contribution in [-0.4, -0.2) is 17.3 Å². The summed E-state index contributed by atoms with van der Waals surface area (Å²) < 4.78 is 5.79. The van der Waals surface area contributed by atoms with Gasteiger partial charge in [0.25, 0.3) is 0 Å². The standard InChI is InChI=1S/C14H16ClNO2/c15-11-5-4-8-13(10(11)9-16)18-14-7-3-1-2-6-12(14)17/h4-5,8,12,14,17H,1-3,6-7H2. The van der Waals surface area contributed by atoms with Gasteiger partial charge in [0.1, 0.15) is 23.5 Å². The summed E-state index contributed by atoms with van der Waals surface area (Å²) >= 11 is 5.95. The van der Waals surface area contributed by atoms with Gasteiger partial charge in [-0.15, -0.1) is 0 Å². The zero-order valence-electron chi connectivity index (χ0n) is 10.1. The molecule has 1 saturated carbocycles. The monoisotopic (exact) mass is 265 g/mol. The molecule has 18 heavy (non-hydrogen) atoms. The number of hydrogen-bond donors (Lipinski definition) is 1. The van der Waals surface area contributed by atoms with E-state index in [1.165, 1.54) is 0 Å². The molecule has 1 aliphatic rings. The molecule has 3 nitrogen and oxygen atoms in total. The van der Waals surface area contributed by atoms with Crippen molar-refractivity contribution in [1.82, 2.24) is 0 Å². The third kappa shape index (κ3) is 2.95. The molecule has 2 rings (SSSR count). The lowest BCUT2D eigenvalue weighted by Crippen LogP contribution is -2.30. The Morgan fingerprint density at radius 2 is 2.06 bits per heavy atom. The van der Waals surface area contributed by atoms with E-state index in [0.29, 0.717) is 16.3 Å². The van der Waals surface area contributed by atoms with Crippen LogP contribution in [0.4, 0.5) is 0 Å². The summed E-state index contributed by atoms with van der Waals surface area (Å²) in [6.45, 7) is 0. The summed E-state index contributed by atoms with van der Waals surface area (Å²) in [7, 11) is 0. The second-order valence-corrected chi connectivity index (χ2v) is 4.99. The van der Waals surface area contributed by atoms with E-state index in [2.05, 4.69) is 0 Å². The number of rotatable bonds is 2. The Labute approximate surface area is 112 Å². The van der Waals surface area contributed by atoms with Crippen LogP contribution in [0.2, 0.25) is 5.02 Å². The van der Waals surface area contributed by atoms with Crippen LogP contribution in [-0.2, 0) is 0 Å². The normalized spacial score (nSPS) is 24.1. The predicted octanol–water partition coefficient (Wildman–Crippen LogP) is 3.28. The van der Waals surface area contributed by atoms with Crippen molar-refractivity contribution >= 4 is 11.6 Å². The van der Waals surface area contributed by atoms with E-state index >= 15 is 0 Å². The molecule has 0 saturated heterocycles. The zero-order valence-corrected chi connectivity index (χ0v) is 10.9. The number of ether oxygens (including phenoxy) is 1. The maximum Gasteiger partial charge on any atom is 0.139 e. The van der Waals surface area contributed by atoms with E-state index in [0.717, 1.165) is 32.1 Å². The summed E-state index contributed by atoms with van der Waals surface area (Å²) in [6.07, 6.45) is 4.07. The number of nitrogens with zero attached hydrogens (tertiary/aromatic N) is 1. The smallest absolute Gasteiger partial charge is 0.139 e. The van der Waals surface area contributed by atoms with Gasteiger partial charge in [-0.05, 0) is 31.4 Å². The first-order valence-electron chi connectivity index (χ1n) is 6.25. The fraction of sp³-hybridized carbons (Fsp3) is 0.500. The summed E-state index contributed by atoms with van der Waals surface area (Å²) in [5.41, 5.74) is 0.343. The highest BCUT2D eigenvalue weighted by molar-refractivity contribution is 6.31. The van der Waals surface area contributed by atoms with Crippen LogP contribution in [0.5, 0.6) is 5.75 Å². The van der Waals surface area contributed by atoms with Crippen molar-refractivity contribution in [3.05, 3.63) is 28.8 Å². The zero-order chi connectivity index (χ0) is 13.0. The van der Waals surface area contributed by atoms with Crippen LogP contribution >= 0.6 is 11.6 Å². The van der Waals surface area contributed by atoms with Crippen molar-refractivity contribution < 1.29 is 9.84 Å². The van der Waals surface area contributed by atoms with Gasteiger partial charge in [-0.1, -0.05) is 30.5 Å². The summed E-state index contributed by atoms with van der Waals surface area (Å²) in [6, 6.07) is 7.18. The summed E-state index contributed by atoms with van der Waals surface area (Å²) in [4.78, 5) is 0. The van der Waals surface area contributed by atoms with E-state index in [-0.39, 0.29) is 6.10 Å². The lowest BCUT2D eigenvalue weighted by Gasteiger charge is -2.22. The van der Waals surface area contributed by atoms with Crippen LogP contribution in [0.25, 0.3) is 0 Å². The first kappa shape index (κ1) is 13.2.